The van der Waals surface area contributed by atoms with Gasteiger partial charge in [0.25, 0.3) is 0 Å². The van der Waals surface area contributed by atoms with E-state index in [1.54, 1.807) is 13.0 Å². The highest BCUT2D eigenvalue weighted by molar-refractivity contribution is 5.65. The summed E-state index contributed by atoms with van der Waals surface area (Å²) in [7, 11) is 0. The van der Waals surface area contributed by atoms with E-state index < -0.39 is 11.6 Å². The third-order valence-corrected chi connectivity index (χ3v) is 4.14. The molecule has 0 atom stereocenters. The Bertz CT molecular complexity index is 630. The van der Waals surface area contributed by atoms with Gasteiger partial charge in [0.1, 0.15) is 0 Å². The van der Waals surface area contributed by atoms with Crippen molar-refractivity contribution < 1.29 is 13.5 Å². The van der Waals surface area contributed by atoms with Crippen LogP contribution < -0.4 is 4.74 Å². The van der Waals surface area contributed by atoms with Gasteiger partial charge in [0.2, 0.25) is 5.82 Å². The van der Waals surface area contributed by atoms with Gasteiger partial charge in [-0.05, 0) is 48.9 Å². The molecule has 0 aromatic heterocycles. The normalized spacial score (nSPS) is 14.8. The molecule has 1 aliphatic carbocycles. The van der Waals surface area contributed by atoms with E-state index in [1.165, 1.54) is 30.9 Å². The molecule has 1 aliphatic rings. The average molecular weight is 288 g/mol. The maximum Gasteiger partial charge on any atom is 0.201 e. The van der Waals surface area contributed by atoms with Crippen LogP contribution in [-0.4, -0.2) is 6.61 Å². The van der Waals surface area contributed by atoms with E-state index in [1.807, 2.05) is 24.3 Å². The molecule has 0 bridgehead atoms. The summed E-state index contributed by atoms with van der Waals surface area (Å²) in [6.07, 6.45) is 3.74. The van der Waals surface area contributed by atoms with Crippen LogP contribution >= 0.6 is 0 Å². The van der Waals surface area contributed by atoms with Gasteiger partial charge in [-0.3, -0.25) is 0 Å². The Balaban J connectivity index is 1.90. The number of ether oxygens (including phenoxy) is 1. The molecule has 0 saturated heterocycles. The Morgan fingerprint density at radius 2 is 1.71 bits per heavy atom. The minimum Gasteiger partial charge on any atom is -0.491 e. The maximum atomic E-state index is 14.2. The van der Waals surface area contributed by atoms with E-state index in [0.29, 0.717) is 18.1 Å². The van der Waals surface area contributed by atoms with Crippen LogP contribution in [0, 0.1) is 11.6 Å². The lowest BCUT2D eigenvalue weighted by Gasteiger charge is -2.25. The zero-order valence-electron chi connectivity index (χ0n) is 12.0. The van der Waals surface area contributed by atoms with Gasteiger partial charge in [-0.2, -0.15) is 4.39 Å². The quantitative estimate of drug-likeness (QED) is 0.742. The van der Waals surface area contributed by atoms with Crippen molar-refractivity contribution in [3.63, 3.8) is 0 Å². The molecule has 1 fully saturated rings. The smallest absolute Gasteiger partial charge is 0.201 e. The second kappa shape index (κ2) is 5.84. The number of rotatable bonds is 4. The molecule has 0 heterocycles. The van der Waals surface area contributed by atoms with E-state index >= 15 is 0 Å². The van der Waals surface area contributed by atoms with Crippen molar-refractivity contribution in [2.75, 3.05) is 6.61 Å². The lowest BCUT2D eigenvalue weighted by Crippen LogP contribution is -2.08. The zero-order valence-corrected chi connectivity index (χ0v) is 12.0. The first-order chi connectivity index (χ1) is 10.2. The highest BCUT2D eigenvalue weighted by Crippen LogP contribution is 2.37. The molecule has 0 N–H and O–H groups in total. The van der Waals surface area contributed by atoms with Gasteiger partial charge in [0.15, 0.2) is 11.6 Å². The van der Waals surface area contributed by atoms with E-state index in [2.05, 4.69) is 0 Å². The number of hydrogen-bond donors (Lipinski definition) is 0. The van der Waals surface area contributed by atoms with Crippen LogP contribution in [0.5, 0.6) is 5.75 Å². The van der Waals surface area contributed by atoms with E-state index in [-0.39, 0.29) is 11.3 Å². The maximum absolute atomic E-state index is 14.2. The molecule has 3 heteroatoms. The molecule has 2 aromatic carbocycles. The molecule has 2 aromatic rings. The van der Waals surface area contributed by atoms with E-state index in [9.17, 15) is 8.78 Å². The van der Waals surface area contributed by atoms with Crippen LogP contribution in [0.15, 0.2) is 36.4 Å². The Morgan fingerprint density at radius 3 is 2.29 bits per heavy atom. The van der Waals surface area contributed by atoms with Gasteiger partial charge in [0.05, 0.1) is 6.61 Å². The van der Waals surface area contributed by atoms with Crippen LogP contribution in [0.25, 0.3) is 11.1 Å². The lowest BCUT2D eigenvalue weighted by atomic mass is 9.80. The predicted molar refractivity (Wildman–Crippen MR) is 79.6 cm³/mol. The summed E-state index contributed by atoms with van der Waals surface area (Å²) in [5.74, 6) is -1.17. The minimum atomic E-state index is -0.919. The van der Waals surface area contributed by atoms with Gasteiger partial charge in [-0.25, -0.2) is 4.39 Å². The summed E-state index contributed by atoms with van der Waals surface area (Å²) in [6, 6.07) is 10.8. The molecule has 110 valence electrons. The van der Waals surface area contributed by atoms with Gasteiger partial charge in [0, 0.05) is 5.56 Å². The van der Waals surface area contributed by atoms with Gasteiger partial charge < -0.3 is 4.74 Å². The first-order valence-electron chi connectivity index (χ1n) is 7.42. The molecular formula is C18H18F2O. The molecule has 0 amide bonds. The summed E-state index contributed by atoms with van der Waals surface area (Å²) < 4.78 is 33.1. The molecule has 1 nitrogen and oxygen atoms in total. The van der Waals surface area contributed by atoms with Crippen LogP contribution in [-0.2, 0) is 0 Å². The number of hydrogen-bond acceptors (Lipinski definition) is 1. The van der Waals surface area contributed by atoms with Crippen molar-refractivity contribution in [1.82, 2.24) is 0 Å². The van der Waals surface area contributed by atoms with Crippen molar-refractivity contribution in [1.29, 1.82) is 0 Å². The molecule has 0 spiro atoms. The molecular weight excluding hydrogens is 270 g/mol. The monoisotopic (exact) mass is 288 g/mol. The van der Waals surface area contributed by atoms with Gasteiger partial charge in [-0.15, -0.1) is 0 Å². The summed E-state index contributed by atoms with van der Waals surface area (Å²) in [6.45, 7) is 2.05. The van der Waals surface area contributed by atoms with Crippen LogP contribution in [0.4, 0.5) is 8.78 Å². The Morgan fingerprint density at radius 1 is 1.00 bits per heavy atom. The fraction of sp³-hybridized carbons (Fsp3) is 0.333. The van der Waals surface area contributed by atoms with Crippen LogP contribution in [0.1, 0.15) is 37.7 Å². The van der Waals surface area contributed by atoms with E-state index in [0.717, 1.165) is 0 Å². The molecule has 21 heavy (non-hydrogen) atoms. The molecule has 0 unspecified atom stereocenters. The number of halogens is 2. The van der Waals surface area contributed by atoms with Crippen molar-refractivity contribution in [3.8, 4) is 16.9 Å². The Kier molecular flexibility index (Phi) is 3.91. The zero-order chi connectivity index (χ0) is 14.8. The first kappa shape index (κ1) is 14.1. The number of benzene rings is 2. The Hall–Kier alpha value is -1.90. The molecule has 0 radical (unpaired) electrons. The highest BCUT2D eigenvalue weighted by Gasteiger charge is 2.20. The standard InChI is InChI=1S/C18H18F2O/c1-2-21-16-11-10-15(17(19)18(16)20)14-8-6-13(7-9-14)12-4-3-5-12/h6-12H,2-5H2,1H3. The molecule has 1 saturated carbocycles. The lowest BCUT2D eigenvalue weighted by molar-refractivity contribution is 0.314. The average Bonchev–Trinajstić information content (AvgIpc) is 2.44. The van der Waals surface area contributed by atoms with Crippen molar-refractivity contribution in [2.45, 2.75) is 32.1 Å². The first-order valence-corrected chi connectivity index (χ1v) is 7.42. The van der Waals surface area contributed by atoms with Gasteiger partial charge >= 0.3 is 0 Å². The molecule has 0 aliphatic heterocycles. The van der Waals surface area contributed by atoms with Crippen molar-refractivity contribution in [3.05, 3.63) is 53.6 Å². The summed E-state index contributed by atoms with van der Waals surface area (Å²) in [5.41, 5.74) is 2.26. The van der Waals surface area contributed by atoms with Crippen molar-refractivity contribution in [2.24, 2.45) is 0 Å². The van der Waals surface area contributed by atoms with Crippen LogP contribution in [0.2, 0.25) is 0 Å². The second-order valence-electron chi connectivity index (χ2n) is 5.42. The van der Waals surface area contributed by atoms with Crippen molar-refractivity contribution >= 4 is 0 Å². The second-order valence-corrected chi connectivity index (χ2v) is 5.42. The summed E-state index contributed by atoms with van der Waals surface area (Å²) in [4.78, 5) is 0. The fourth-order valence-corrected chi connectivity index (χ4v) is 2.70. The van der Waals surface area contributed by atoms with Gasteiger partial charge in [-0.1, -0.05) is 30.7 Å². The van der Waals surface area contributed by atoms with Crippen LogP contribution in [0.3, 0.4) is 0 Å². The fourth-order valence-electron chi connectivity index (χ4n) is 2.70. The largest absolute Gasteiger partial charge is 0.491 e. The molecule has 3 rings (SSSR count). The SMILES string of the molecule is CCOc1ccc(-c2ccc(C3CCC3)cc2)c(F)c1F. The highest BCUT2D eigenvalue weighted by atomic mass is 19.2. The third-order valence-electron chi connectivity index (χ3n) is 4.14. The summed E-state index contributed by atoms with van der Waals surface area (Å²) in [5, 5.41) is 0. The third kappa shape index (κ3) is 2.65. The topological polar surface area (TPSA) is 9.23 Å². The summed E-state index contributed by atoms with van der Waals surface area (Å²) >= 11 is 0. The minimum absolute atomic E-state index is 0.0372. The van der Waals surface area contributed by atoms with E-state index in [4.69, 9.17) is 4.74 Å². The Labute approximate surface area is 123 Å². The predicted octanol–water partition coefficient (Wildman–Crippen LogP) is 5.30.